The van der Waals surface area contributed by atoms with Gasteiger partial charge in [-0.15, -0.1) is 0 Å². The van der Waals surface area contributed by atoms with Crippen LogP contribution in [-0.4, -0.2) is 25.2 Å². The van der Waals surface area contributed by atoms with Gasteiger partial charge < -0.3 is 9.47 Å². The first-order valence-electron chi connectivity index (χ1n) is 9.92. The molecule has 2 aromatic carbocycles. The summed E-state index contributed by atoms with van der Waals surface area (Å²) in [7, 11) is 0. The van der Waals surface area contributed by atoms with Crippen LogP contribution in [0.2, 0.25) is 0 Å². The Labute approximate surface area is 174 Å². The number of hydrogen-bond donors (Lipinski definition) is 0. The molecule has 6 heteroatoms. The highest BCUT2D eigenvalue weighted by Crippen LogP contribution is 2.31. The van der Waals surface area contributed by atoms with Crippen LogP contribution in [0.4, 0.5) is 4.39 Å². The highest BCUT2D eigenvalue weighted by atomic mass is 19.1. The third kappa shape index (κ3) is 3.30. The van der Waals surface area contributed by atoms with Crippen molar-refractivity contribution in [2.24, 2.45) is 0 Å². The molecule has 150 valence electrons. The first-order valence-corrected chi connectivity index (χ1v) is 9.92. The number of rotatable bonds is 4. The van der Waals surface area contributed by atoms with Gasteiger partial charge in [-0.1, -0.05) is 24.3 Å². The van der Waals surface area contributed by atoms with E-state index in [2.05, 4.69) is 19.1 Å². The van der Waals surface area contributed by atoms with Crippen LogP contribution in [0.5, 0.6) is 0 Å². The minimum Gasteiger partial charge on any atom is -0.332 e. The Hall–Kier alpha value is -3.67. The number of benzene rings is 2. The summed E-state index contributed by atoms with van der Waals surface area (Å²) in [4.78, 5) is 14.7. The van der Waals surface area contributed by atoms with E-state index in [0.717, 1.165) is 33.9 Å². The zero-order chi connectivity index (χ0) is 20.7. The molecule has 5 nitrogen and oxygen atoms in total. The molecule has 0 N–H and O–H groups in total. The number of hydrogen-bond acceptors (Lipinski definition) is 2. The van der Waals surface area contributed by atoms with Gasteiger partial charge in [-0.25, -0.2) is 9.07 Å². The third-order valence-corrected chi connectivity index (χ3v) is 5.45. The quantitative estimate of drug-likeness (QED) is 0.515. The van der Waals surface area contributed by atoms with Crippen LogP contribution in [0.25, 0.3) is 11.5 Å². The van der Waals surface area contributed by atoms with Gasteiger partial charge in [-0.05, 0) is 54.4 Å². The van der Waals surface area contributed by atoms with Crippen molar-refractivity contribution in [3.8, 4) is 11.5 Å². The van der Waals surface area contributed by atoms with Crippen molar-refractivity contribution in [1.29, 1.82) is 0 Å². The van der Waals surface area contributed by atoms with Gasteiger partial charge in [0.1, 0.15) is 11.6 Å². The average molecular weight is 400 g/mol. The second-order valence-electron chi connectivity index (χ2n) is 7.64. The van der Waals surface area contributed by atoms with Gasteiger partial charge in [-0.3, -0.25) is 4.79 Å². The fraction of sp³-hybridized carbons (Fsp3) is 0.167. The summed E-state index contributed by atoms with van der Waals surface area (Å²) in [5.74, 6) is 0.673. The number of amides is 1. The van der Waals surface area contributed by atoms with E-state index in [0.29, 0.717) is 13.1 Å². The largest absolute Gasteiger partial charge is 0.332 e. The second kappa shape index (κ2) is 7.30. The lowest BCUT2D eigenvalue weighted by atomic mass is 10.1. The van der Waals surface area contributed by atoms with Gasteiger partial charge in [0, 0.05) is 18.0 Å². The molecule has 4 aromatic rings. The van der Waals surface area contributed by atoms with Gasteiger partial charge in [0.05, 0.1) is 30.9 Å². The number of carbonyl (C=O) groups excluding carboxylic acids is 1. The molecule has 30 heavy (non-hydrogen) atoms. The average Bonchev–Trinajstić information content (AvgIpc) is 3.45. The molecule has 0 aliphatic carbocycles. The fourth-order valence-corrected chi connectivity index (χ4v) is 3.95. The lowest BCUT2D eigenvalue weighted by molar-refractivity contribution is -0.131. The van der Waals surface area contributed by atoms with Crippen LogP contribution in [-0.2, 0) is 24.3 Å². The van der Waals surface area contributed by atoms with E-state index in [1.54, 1.807) is 12.1 Å². The van der Waals surface area contributed by atoms with E-state index in [4.69, 9.17) is 5.10 Å². The van der Waals surface area contributed by atoms with E-state index in [9.17, 15) is 9.18 Å². The fourth-order valence-electron chi connectivity index (χ4n) is 3.95. The van der Waals surface area contributed by atoms with Crippen molar-refractivity contribution < 1.29 is 9.18 Å². The molecule has 0 atom stereocenters. The minimum absolute atomic E-state index is 0.0140. The lowest BCUT2D eigenvalue weighted by Crippen LogP contribution is -2.27. The first kappa shape index (κ1) is 18.4. The maximum absolute atomic E-state index is 13.1. The molecule has 0 fully saturated rings. The van der Waals surface area contributed by atoms with E-state index in [1.807, 2.05) is 50.8 Å². The Kier molecular flexibility index (Phi) is 4.47. The Bertz CT molecular complexity index is 1210. The van der Waals surface area contributed by atoms with E-state index < -0.39 is 0 Å². The maximum atomic E-state index is 13.1. The molecule has 0 unspecified atom stereocenters. The van der Waals surface area contributed by atoms with Crippen molar-refractivity contribution in [2.45, 2.75) is 26.4 Å². The molecule has 0 saturated heterocycles. The van der Waals surface area contributed by atoms with E-state index in [1.165, 1.54) is 12.1 Å². The third-order valence-electron chi connectivity index (χ3n) is 5.45. The molecule has 5 rings (SSSR count). The molecule has 2 aromatic heterocycles. The molecule has 1 aliphatic rings. The summed E-state index contributed by atoms with van der Waals surface area (Å²) >= 11 is 0. The summed E-state index contributed by atoms with van der Waals surface area (Å²) in [6.45, 7) is 3.04. The number of aromatic nitrogens is 3. The predicted octanol–water partition coefficient (Wildman–Crippen LogP) is 4.20. The van der Waals surface area contributed by atoms with Crippen LogP contribution < -0.4 is 0 Å². The van der Waals surface area contributed by atoms with E-state index in [-0.39, 0.29) is 18.1 Å². The highest BCUT2D eigenvalue weighted by Gasteiger charge is 2.31. The zero-order valence-corrected chi connectivity index (χ0v) is 16.6. The molecule has 1 aliphatic heterocycles. The van der Waals surface area contributed by atoms with Crippen LogP contribution in [0.1, 0.15) is 22.4 Å². The number of carbonyl (C=O) groups is 1. The lowest BCUT2D eigenvalue weighted by Gasteiger charge is -2.18. The van der Waals surface area contributed by atoms with Gasteiger partial charge in [-0.2, -0.15) is 5.10 Å². The Morgan fingerprint density at radius 2 is 1.80 bits per heavy atom. The second-order valence-corrected chi connectivity index (χ2v) is 7.64. The van der Waals surface area contributed by atoms with Crippen molar-refractivity contribution in [1.82, 2.24) is 19.2 Å². The van der Waals surface area contributed by atoms with Gasteiger partial charge in [0.25, 0.3) is 0 Å². The maximum Gasteiger partial charge on any atom is 0.227 e. The number of nitrogens with zero attached hydrogens (tertiary/aromatic N) is 4. The number of fused-ring (bicyclic) bond motifs is 1. The Morgan fingerprint density at radius 1 is 1.03 bits per heavy atom. The molecule has 0 bridgehead atoms. The van der Waals surface area contributed by atoms with Crippen molar-refractivity contribution >= 4 is 5.91 Å². The van der Waals surface area contributed by atoms with Gasteiger partial charge in [0.15, 0.2) is 0 Å². The van der Waals surface area contributed by atoms with Crippen LogP contribution in [0, 0.1) is 12.7 Å². The first-order chi connectivity index (χ1) is 14.6. The summed E-state index contributed by atoms with van der Waals surface area (Å²) < 4.78 is 17.1. The summed E-state index contributed by atoms with van der Waals surface area (Å²) in [6, 6.07) is 18.3. The van der Waals surface area contributed by atoms with Crippen molar-refractivity contribution in [3.63, 3.8) is 0 Å². The Morgan fingerprint density at radius 3 is 2.53 bits per heavy atom. The van der Waals surface area contributed by atoms with Crippen molar-refractivity contribution in [3.05, 3.63) is 101 Å². The predicted molar refractivity (Wildman–Crippen MR) is 112 cm³/mol. The molecule has 0 saturated carbocycles. The Balaban J connectivity index is 1.46. The molecule has 1 amide bonds. The summed E-state index contributed by atoms with van der Waals surface area (Å²) in [5.41, 5.74) is 4.93. The van der Waals surface area contributed by atoms with Crippen LogP contribution >= 0.6 is 0 Å². The zero-order valence-electron chi connectivity index (χ0n) is 16.6. The van der Waals surface area contributed by atoms with Crippen LogP contribution in [0.15, 0.2) is 73.1 Å². The number of halogens is 1. The SMILES string of the molecule is Cc1cccc(-n2nc3c(c2-n2cccc2)CN(C(=O)Cc2ccc(F)cc2)C3)c1. The van der Waals surface area contributed by atoms with Crippen LogP contribution in [0.3, 0.4) is 0 Å². The van der Waals surface area contributed by atoms with Gasteiger partial charge >= 0.3 is 0 Å². The smallest absolute Gasteiger partial charge is 0.227 e. The summed E-state index contributed by atoms with van der Waals surface area (Å²) in [6.07, 6.45) is 4.24. The standard InChI is InChI=1S/C24H21FN4O/c1-17-5-4-6-20(13-17)29-24(27-11-2-3-12-27)21-15-28(16-22(21)26-29)23(30)14-18-7-9-19(25)10-8-18/h2-13H,14-16H2,1H3. The summed E-state index contributed by atoms with van der Waals surface area (Å²) in [5, 5.41) is 4.86. The minimum atomic E-state index is -0.297. The van der Waals surface area contributed by atoms with Gasteiger partial charge in [0.2, 0.25) is 5.91 Å². The highest BCUT2D eigenvalue weighted by molar-refractivity contribution is 5.79. The molecule has 0 radical (unpaired) electrons. The molecular weight excluding hydrogens is 379 g/mol. The molecular formula is C24H21FN4O. The molecule has 0 spiro atoms. The normalized spacial score (nSPS) is 12.9. The van der Waals surface area contributed by atoms with Crippen molar-refractivity contribution in [2.75, 3.05) is 0 Å². The molecule has 3 heterocycles. The van der Waals surface area contributed by atoms with E-state index >= 15 is 0 Å². The monoisotopic (exact) mass is 400 g/mol. The number of aryl methyl sites for hydroxylation is 1. The topological polar surface area (TPSA) is 43.1 Å².